The van der Waals surface area contributed by atoms with Gasteiger partial charge in [0.1, 0.15) is 5.82 Å². The maximum atomic E-state index is 13.9. The molecule has 2 atom stereocenters. The minimum atomic E-state index is -1.64. The van der Waals surface area contributed by atoms with E-state index in [0.29, 0.717) is 11.1 Å². The van der Waals surface area contributed by atoms with E-state index in [0.717, 1.165) is 21.5 Å². The maximum absolute atomic E-state index is 13.9. The number of ether oxygens (including phenoxy) is 1. The lowest BCUT2D eigenvalue weighted by Gasteiger charge is -2.25. The van der Waals surface area contributed by atoms with E-state index in [1.54, 1.807) is 19.1 Å². The van der Waals surface area contributed by atoms with Crippen molar-refractivity contribution in [2.75, 3.05) is 0 Å². The molecule has 36 heavy (non-hydrogen) atoms. The Hall–Kier alpha value is -4.62. The van der Waals surface area contributed by atoms with E-state index in [1.807, 2.05) is 55.5 Å². The minimum Gasteiger partial charge on any atom is -0.424 e. The number of fused-ring (bicyclic) bond motifs is 1. The number of rotatable bonds is 5. The van der Waals surface area contributed by atoms with Crippen molar-refractivity contribution in [1.29, 1.82) is 0 Å². The van der Waals surface area contributed by atoms with Gasteiger partial charge in [0.2, 0.25) is 0 Å². The predicted molar refractivity (Wildman–Crippen MR) is 126 cm³/mol. The number of H-pyrrole nitrogens is 1. The molecule has 1 aliphatic rings. The Bertz CT molecular complexity index is 1450. The number of cyclic esters (lactones) is 1. The smallest absolute Gasteiger partial charge is 0.418 e. The topological polar surface area (TPSA) is 109 Å². The number of carbonyl (C=O) groups excluding carboxylic acids is 4. The van der Waals surface area contributed by atoms with Crippen LogP contribution in [0.3, 0.4) is 0 Å². The van der Waals surface area contributed by atoms with Gasteiger partial charge >= 0.3 is 12.2 Å². The highest BCUT2D eigenvalue weighted by Gasteiger charge is 2.58. The van der Waals surface area contributed by atoms with Crippen LogP contribution in [-0.4, -0.2) is 33.0 Å². The van der Waals surface area contributed by atoms with Crippen LogP contribution < -0.4 is 0 Å². The van der Waals surface area contributed by atoms with Gasteiger partial charge in [-0.3, -0.25) is 4.79 Å². The highest BCUT2D eigenvalue weighted by Crippen LogP contribution is 2.41. The average Bonchev–Trinajstić information content (AvgIpc) is 3.39. The maximum Gasteiger partial charge on any atom is 0.418 e. The van der Waals surface area contributed by atoms with Crippen LogP contribution >= 0.6 is 0 Å². The second kappa shape index (κ2) is 9.93. The van der Waals surface area contributed by atoms with Crippen molar-refractivity contribution in [3.8, 4) is 0 Å². The molecule has 9 heteroatoms. The molecule has 1 aromatic heterocycles. The third kappa shape index (κ3) is 4.52. The number of imidazole rings is 1. The van der Waals surface area contributed by atoms with Crippen molar-refractivity contribution < 1.29 is 28.3 Å². The Morgan fingerprint density at radius 3 is 2.39 bits per heavy atom. The van der Waals surface area contributed by atoms with Gasteiger partial charge in [-0.1, -0.05) is 48.5 Å². The third-order valence-corrected chi connectivity index (χ3v) is 6.08. The first kappa shape index (κ1) is 24.5. The van der Waals surface area contributed by atoms with Gasteiger partial charge in [0.15, 0.2) is 5.82 Å². The van der Waals surface area contributed by atoms with Crippen molar-refractivity contribution in [2.24, 2.45) is 0 Å². The van der Waals surface area contributed by atoms with E-state index in [2.05, 4.69) is 9.97 Å². The summed E-state index contributed by atoms with van der Waals surface area (Å²) in [6.07, 6.45) is -0.381. The van der Waals surface area contributed by atoms with Gasteiger partial charge in [0.05, 0.1) is 17.1 Å². The average molecular weight is 487 g/mol. The molecule has 0 radical (unpaired) electrons. The van der Waals surface area contributed by atoms with Gasteiger partial charge in [-0.2, -0.15) is 9.59 Å². The Balaban J connectivity index is 0.000000967. The second-order valence-electron chi connectivity index (χ2n) is 8.45. The van der Waals surface area contributed by atoms with Crippen LogP contribution in [0.1, 0.15) is 35.5 Å². The van der Waals surface area contributed by atoms with E-state index in [9.17, 15) is 14.0 Å². The number of benzene rings is 3. The molecule has 3 aromatic carbocycles. The van der Waals surface area contributed by atoms with E-state index in [4.69, 9.17) is 14.3 Å². The molecule has 0 spiro atoms. The van der Waals surface area contributed by atoms with Crippen LogP contribution in [0.25, 0.3) is 11.0 Å². The monoisotopic (exact) mass is 487 g/mol. The number of carbonyl (C=O) groups is 2. The van der Waals surface area contributed by atoms with E-state index in [1.165, 1.54) is 12.1 Å². The first-order chi connectivity index (χ1) is 17.3. The van der Waals surface area contributed by atoms with Crippen LogP contribution in [0.5, 0.6) is 0 Å². The van der Waals surface area contributed by atoms with E-state index < -0.39 is 29.5 Å². The molecule has 0 bridgehead atoms. The van der Waals surface area contributed by atoms with Gasteiger partial charge in [0, 0.05) is 6.42 Å². The zero-order valence-corrected chi connectivity index (χ0v) is 19.5. The number of halogens is 1. The number of amides is 2. The molecule has 2 heterocycles. The molecule has 0 saturated carbocycles. The SMILES string of the molecule is Cc1ccc2nc([C@@]3(Cc4ccccc4)OC(=O)N([C@H](C)c4ccc(F)cc4)C3=O)[nH]c2c1.O=C=O. The van der Waals surface area contributed by atoms with Gasteiger partial charge in [-0.15, -0.1) is 0 Å². The van der Waals surface area contributed by atoms with Crippen molar-refractivity contribution in [3.63, 3.8) is 0 Å². The Kier molecular flexibility index (Phi) is 6.76. The number of aromatic nitrogens is 2. The summed E-state index contributed by atoms with van der Waals surface area (Å²) in [7, 11) is 0. The van der Waals surface area contributed by atoms with Crippen LogP contribution in [0.4, 0.5) is 9.18 Å². The fourth-order valence-corrected chi connectivity index (χ4v) is 4.29. The molecule has 8 nitrogen and oxygen atoms in total. The molecule has 1 fully saturated rings. The largest absolute Gasteiger partial charge is 0.424 e. The lowest BCUT2D eigenvalue weighted by atomic mass is 9.92. The molecule has 1 aliphatic heterocycles. The number of imide groups is 1. The highest BCUT2D eigenvalue weighted by atomic mass is 19.1. The van der Waals surface area contributed by atoms with Crippen LogP contribution in [-0.2, 0) is 31.1 Å². The summed E-state index contributed by atoms with van der Waals surface area (Å²) >= 11 is 0. The summed E-state index contributed by atoms with van der Waals surface area (Å²) in [5, 5.41) is 0. The van der Waals surface area contributed by atoms with Crippen molar-refractivity contribution in [2.45, 2.75) is 31.9 Å². The Morgan fingerprint density at radius 2 is 1.72 bits per heavy atom. The number of nitrogens with one attached hydrogen (secondary N) is 1. The van der Waals surface area contributed by atoms with E-state index >= 15 is 0 Å². The zero-order valence-electron chi connectivity index (χ0n) is 19.5. The number of nitrogens with zero attached hydrogens (tertiary/aromatic N) is 2. The molecule has 2 amide bonds. The summed E-state index contributed by atoms with van der Waals surface area (Å²) in [5.41, 5.74) is 2.28. The quantitative estimate of drug-likeness (QED) is 0.441. The van der Waals surface area contributed by atoms with Crippen molar-refractivity contribution in [1.82, 2.24) is 14.9 Å². The zero-order chi connectivity index (χ0) is 25.9. The molecule has 182 valence electrons. The van der Waals surface area contributed by atoms with Crippen LogP contribution in [0, 0.1) is 12.7 Å². The summed E-state index contributed by atoms with van der Waals surface area (Å²) in [6.45, 7) is 3.68. The van der Waals surface area contributed by atoms with Gasteiger partial charge in [-0.25, -0.2) is 19.1 Å². The normalized spacial score (nSPS) is 17.8. The molecular formula is C27H22FN3O5. The summed E-state index contributed by atoms with van der Waals surface area (Å²) in [5.74, 6) is -0.625. The second-order valence-corrected chi connectivity index (χ2v) is 8.45. The number of aromatic amines is 1. The van der Waals surface area contributed by atoms with Crippen molar-refractivity contribution >= 4 is 29.2 Å². The highest BCUT2D eigenvalue weighted by molar-refractivity contribution is 6.04. The molecule has 5 rings (SSSR count). The number of hydrogen-bond acceptors (Lipinski definition) is 6. The standard InChI is InChI=1S/C26H22FN3O3.CO2/c1-16-8-13-21-22(14-16)29-23(28-21)26(15-18-6-4-3-5-7-18)24(31)30(25(32)33-26)17(2)19-9-11-20(27)12-10-19;2-1-3/h3-14,17H,15H2,1-2H3,(H,28,29);/t17-,26-;/m1./s1. The molecular weight excluding hydrogens is 465 g/mol. The summed E-state index contributed by atoms with van der Waals surface area (Å²) in [4.78, 5) is 52.2. The fraction of sp³-hybridized carbons (Fsp3) is 0.185. The summed E-state index contributed by atoms with van der Waals surface area (Å²) in [6, 6.07) is 20.2. The molecule has 0 unspecified atom stereocenters. The first-order valence-corrected chi connectivity index (χ1v) is 11.1. The Labute approximate surface area is 205 Å². The van der Waals surface area contributed by atoms with Gasteiger partial charge < -0.3 is 9.72 Å². The third-order valence-electron chi connectivity index (χ3n) is 6.08. The number of aryl methyl sites for hydroxylation is 1. The van der Waals surface area contributed by atoms with Crippen LogP contribution in [0.2, 0.25) is 0 Å². The molecule has 4 aromatic rings. The lowest BCUT2D eigenvalue weighted by Crippen LogP contribution is -2.42. The van der Waals surface area contributed by atoms with Crippen LogP contribution in [0.15, 0.2) is 72.8 Å². The molecule has 1 saturated heterocycles. The van der Waals surface area contributed by atoms with Gasteiger partial charge in [0.25, 0.3) is 11.5 Å². The van der Waals surface area contributed by atoms with E-state index in [-0.39, 0.29) is 18.4 Å². The lowest BCUT2D eigenvalue weighted by molar-refractivity contribution is -0.191. The minimum absolute atomic E-state index is 0.129. The van der Waals surface area contributed by atoms with Gasteiger partial charge in [-0.05, 0) is 54.8 Å². The number of hydrogen-bond donors (Lipinski definition) is 1. The fourth-order valence-electron chi connectivity index (χ4n) is 4.29. The molecule has 0 aliphatic carbocycles. The predicted octanol–water partition coefficient (Wildman–Crippen LogP) is 4.60. The van der Waals surface area contributed by atoms with Crippen molar-refractivity contribution in [3.05, 3.63) is 101 Å². The Morgan fingerprint density at radius 1 is 1.06 bits per heavy atom. The summed E-state index contributed by atoms with van der Waals surface area (Å²) < 4.78 is 19.3. The first-order valence-electron chi connectivity index (χ1n) is 11.1. The molecule has 1 N–H and O–H groups in total.